The van der Waals surface area contributed by atoms with Crippen molar-refractivity contribution in [1.82, 2.24) is 10.2 Å². The summed E-state index contributed by atoms with van der Waals surface area (Å²) in [7, 11) is 0.258. The van der Waals surface area contributed by atoms with E-state index < -0.39 is 28.5 Å². The molecule has 11 heteroatoms. The molecule has 0 heterocycles. The summed E-state index contributed by atoms with van der Waals surface area (Å²) in [5.74, 6) is 0.450. The number of hydrogen-bond donors (Lipinski definition) is 1. The molecule has 2 atom stereocenters. The Morgan fingerprint density at radius 2 is 1.49 bits per heavy atom. The SMILES string of the molecule is CC[C@@H](C)NC(=O)[C@H](C)N(Cc1ccc(OC)cc1)C(=O)CN(c1ccc(OC)c(OC)c1)S(=O)(=O)c1ccc(C)cc1. The number of hydrogen-bond acceptors (Lipinski definition) is 7. The number of methoxy groups -OCH3 is 3. The highest BCUT2D eigenvalue weighted by Gasteiger charge is 2.33. The van der Waals surface area contributed by atoms with E-state index in [0.29, 0.717) is 23.7 Å². The molecule has 0 aliphatic carbocycles. The van der Waals surface area contributed by atoms with Crippen LogP contribution in [0.25, 0.3) is 0 Å². The molecule has 232 valence electrons. The third kappa shape index (κ3) is 8.19. The fourth-order valence-corrected chi connectivity index (χ4v) is 5.73. The van der Waals surface area contributed by atoms with E-state index in [1.54, 1.807) is 62.6 Å². The zero-order valence-electron chi connectivity index (χ0n) is 25.8. The van der Waals surface area contributed by atoms with Gasteiger partial charge >= 0.3 is 0 Å². The predicted octanol–water partition coefficient (Wildman–Crippen LogP) is 4.55. The van der Waals surface area contributed by atoms with Crippen molar-refractivity contribution in [3.63, 3.8) is 0 Å². The van der Waals surface area contributed by atoms with Crippen molar-refractivity contribution in [2.75, 3.05) is 32.2 Å². The summed E-state index contributed by atoms with van der Waals surface area (Å²) in [5.41, 5.74) is 1.84. The van der Waals surface area contributed by atoms with E-state index in [-0.39, 0.29) is 29.1 Å². The molecule has 3 rings (SSSR count). The first kappa shape index (κ1) is 33.3. The van der Waals surface area contributed by atoms with Gasteiger partial charge in [0, 0.05) is 18.7 Å². The summed E-state index contributed by atoms with van der Waals surface area (Å²) in [5, 5.41) is 2.93. The third-order valence-electron chi connectivity index (χ3n) is 7.22. The molecule has 0 fully saturated rings. The van der Waals surface area contributed by atoms with Crippen molar-refractivity contribution in [2.45, 2.75) is 57.6 Å². The van der Waals surface area contributed by atoms with Gasteiger partial charge in [0.2, 0.25) is 11.8 Å². The van der Waals surface area contributed by atoms with Gasteiger partial charge in [-0.2, -0.15) is 0 Å². The molecule has 0 aliphatic heterocycles. The number of ether oxygens (including phenoxy) is 3. The Kier molecular flexibility index (Phi) is 11.4. The minimum absolute atomic E-state index is 0.0185. The first-order valence-corrected chi connectivity index (χ1v) is 15.4. The fraction of sp³-hybridized carbons (Fsp3) is 0.375. The van der Waals surface area contributed by atoms with Crippen molar-refractivity contribution >= 4 is 27.5 Å². The van der Waals surface area contributed by atoms with Crippen LogP contribution in [0, 0.1) is 6.92 Å². The maximum atomic E-state index is 14.1. The summed E-state index contributed by atoms with van der Waals surface area (Å²) < 4.78 is 45.2. The largest absolute Gasteiger partial charge is 0.497 e. The lowest BCUT2D eigenvalue weighted by molar-refractivity contribution is -0.139. The first-order valence-electron chi connectivity index (χ1n) is 14.0. The standard InChI is InChI=1S/C32H41N3O7S/c1-8-23(3)33-32(37)24(4)34(20-25-11-14-27(40-5)15-12-25)31(36)21-35(26-13-18-29(41-6)30(19-26)42-7)43(38,39)28-16-9-22(2)10-17-28/h9-19,23-24H,8,20-21H2,1-7H3,(H,33,37)/t23-,24+/m1/s1. The molecule has 1 N–H and O–H groups in total. The summed E-state index contributed by atoms with van der Waals surface area (Å²) in [4.78, 5) is 28.8. The van der Waals surface area contributed by atoms with Crippen LogP contribution in [0.4, 0.5) is 5.69 Å². The minimum Gasteiger partial charge on any atom is -0.497 e. The second-order valence-corrected chi connectivity index (χ2v) is 12.1. The highest BCUT2D eigenvalue weighted by Crippen LogP contribution is 2.34. The Labute approximate surface area is 254 Å². The van der Waals surface area contributed by atoms with E-state index in [4.69, 9.17) is 14.2 Å². The zero-order chi connectivity index (χ0) is 31.7. The molecule has 43 heavy (non-hydrogen) atoms. The van der Waals surface area contributed by atoms with Gasteiger partial charge in [0.25, 0.3) is 10.0 Å². The number of amides is 2. The van der Waals surface area contributed by atoms with Crippen LogP contribution in [-0.4, -0.2) is 65.1 Å². The van der Waals surface area contributed by atoms with Crippen LogP contribution in [0.3, 0.4) is 0 Å². The lowest BCUT2D eigenvalue weighted by atomic mass is 10.1. The van der Waals surface area contributed by atoms with E-state index in [0.717, 1.165) is 15.4 Å². The maximum Gasteiger partial charge on any atom is 0.264 e. The van der Waals surface area contributed by atoms with Gasteiger partial charge in [0.05, 0.1) is 31.9 Å². The van der Waals surface area contributed by atoms with E-state index in [1.165, 1.54) is 37.3 Å². The molecule has 0 saturated carbocycles. The van der Waals surface area contributed by atoms with E-state index >= 15 is 0 Å². The monoisotopic (exact) mass is 611 g/mol. The number of sulfonamides is 1. The van der Waals surface area contributed by atoms with Gasteiger partial charge in [0.15, 0.2) is 11.5 Å². The summed E-state index contributed by atoms with van der Waals surface area (Å²) >= 11 is 0. The van der Waals surface area contributed by atoms with E-state index in [9.17, 15) is 18.0 Å². The maximum absolute atomic E-state index is 14.1. The quantitative estimate of drug-likeness (QED) is 0.285. The van der Waals surface area contributed by atoms with Crippen LogP contribution in [0.5, 0.6) is 17.2 Å². The van der Waals surface area contributed by atoms with Crippen molar-refractivity contribution < 1.29 is 32.2 Å². The van der Waals surface area contributed by atoms with Crippen molar-refractivity contribution in [3.8, 4) is 17.2 Å². The zero-order valence-corrected chi connectivity index (χ0v) is 26.6. The number of carbonyl (C=O) groups excluding carboxylic acids is 2. The van der Waals surface area contributed by atoms with Gasteiger partial charge in [-0.15, -0.1) is 0 Å². The topological polar surface area (TPSA) is 114 Å². The number of rotatable bonds is 14. The number of nitrogens with one attached hydrogen (secondary N) is 1. The number of nitrogens with zero attached hydrogens (tertiary/aromatic N) is 2. The smallest absolute Gasteiger partial charge is 0.264 e. The lowest BCUT2D eigenvalue weighted by Crippen LogP contribution is -2.52. The number of anilines is 1. The third-order valence-corrected chi connectivity index (χ3v) is 9.01. The predicted molar refractivity (Wildman–Crippen MR) is 166 cm³/mol. The summed E-state index contributed by atoms with van der Waals surface area (Å²) in [6.07, 6.45) is 0.715. The molecule has 2 amide bonds. The Morgan fingerprint density at radius 1 is 0.860 bits per heavy atom. The molecule has 10 nitrogen and oxygen atoms in total. The lowest BCUT2D eigenvalue weighted by Gasteiger charge is -2.32. The van der Waals surface area contributed by atoms with Gasteiger partial charge in [-0.1, -0.05) is 36.8 Å². The molecule has 0 radical (unpaired) electrons. The van der Waals surface area contributed by atoms with E-state index in [2.05, 4.69) is 5.32 Å². The second-order valence-electron chi connectivity index (χ2n) is 10.2. The Morgan fingerprint density at radius 3 is 2.05 bits per heavy atom. The van der Waals surface area contributed by atoms with Gasteiger partial charge in [-0.25, -0.2) is 8.42 Å². The van der Waals surface area contributed by atoms with Gasteiger partial charge in [0.1, 0.15) is 18.3 Å². The normalized spacial score (nSPS) is 12.5. The van der Waals surface area contributed by atoms with Crippen LogP contribution in [0.1, 0.15) is 38.3 Å². The van der Waals surface area contributed by atoms with Crippen LogP contribution in [0.15, 0.2) is 71.6 Å². The second kappa shape index (κ2) is 14.8. The number of benzene rings is 3. The van der Waals surface area contributed by atoms with Crippen LogP contribution in [0.2, 0.25) is 0 Å². The number of carbonyl (C=O) groups is 2. The minimum atomic E-state index is -4.22. The number of aryl methyl sites for hydroxylation is 1. The molecule has 3 aromatic carbocycles. The molecular formula is C32H41N3O7S. The Hall–Kier alpha value is -4.25. The fourth-order valence-electron chi connectivity index (χ4n) is 4.32. The molecule has 0 spiro atoms. The molecular weight excluding hydrogens is 570 g/mol. The molecule has 3 aromatic rings. The summed E-state index contributed by atoms with van der Waals surface area (Å²) in [6.45, 7) is 6.83. The van der Waals surface area contributed by atoms with Crippen LogP contribution in [-0.2, 0) is 26.2 Å². The molecule has 0 saturated heterocycles. The van der Waals surface area contributed by atoms with Gasteiger partial charge in [-0.05, 0) is 69.2 Å². The van der Waals surface area contributed by atoms with Gasteiger partial charge < -0.3 is 24.4 Å². The molecule has 0 unspecified atom stereocenters. The Bertz CT molecular complexity index is 1490. The van der Waals surface area contributed by atoms with E-state index in [1.807, 2.05) is 20.8 Å². The van der Waals surface area contributed by atoms with Crippen LogP contribution < -0.4 is 23.8 Å². The van der Waals surface area contributed by atoms with Crippen LogP contribution >= 0.6 is 0 Å². The van der Waals surface area contributed by atoms with Crippen molar-refractivity contribution in [2.24, 2.45) is 0 Å². The highest BCUT2D eigenvalue weighted by molar-refractivity contribution is 7.92. The molecule has 0 aromatic heterocycles. The molecule has 0 bridgehead atoms. The Balaban J connectivity index is 2.08. The van der Waals surface area contributed by atoms with Crippen molar-refractivity contribution in [3.05, 3.63) is 77.9 Å². The highest BCUT2D eigenvalue weighted by atomic mass is 32.2. The first-order chi connectivity index (χ1) is 20.4. The average molecular weight is 612 g/mol. The van der Waals surface area contributed by atoms with Gasteiger partial charge in [-0.3, -0.25) is 13.9 Å². The van der Waals surface area contributed by atoms with Crippen molar-refractivity contribution in [1.29, 1.82) is 0 Å². The average Bonchev–Trinajstić information content (AvgIpc) is 3.01. The molecule has 0 aliphatic rings. The summed E-state index contributed by atoms with van der Waals surface area (Å²) in [6, 6.07) is 17.2.